The maximum Gasteiger partial charge on any atom is 0.115 e. The molecular formula is C7H11N3S. The molecule has 1 rings (SSSR count). The van der Waals surface area contributed by atoms with Gasteiger partial charge in [0, 0.05) is 18.3 Å². The number of thiophene rings is 1. The number of amidine groups is 1. The molecule has 1 heterocycles. The van der Waals surface area contributed by atoms with Crippen molar-refractivity contribution in [2.45, 2.75) is 6.42 Å². The lowest BCUT2D eigenvalue weighted by atomic mass is 10.3. The van der Waals surface area contributed by atoms with Gasteiger partial charge in [-0.2, -0.15) is 0 Å². The van der Waals surface area contributed by atoms with Gasteiger partial charge in [-0.05, 0) is 11.4 Å². The molecule has 1 aromatic rings. The van der Waals surface area contributed by atoms with E-state index in [-0.39, 0.29) is 0 Å². The minimum Gasteiger partial charge on any atom is -0.312 e. The number of aliphatic imine (C=N–C) groups is 1. The monoisotopic (exact) mass is 169 g/mol. The van der Waals surface area contributed by atoms with Crippen LogP contribution in [0.4, 0.5) is 0 Å². The van der Waals surface area contributed by atoms with Gasteiger partial charge >= 0.3 is 0 Å². The summed E-state index contributed by atoms with van der Waals surface area (Å²) in [5.74, 6) is 6.04. The Morgan fingerprint density at radius 1 is 1.82 bits per heavy atom. The third-order valence-electron chi connectivity index (χ3n) is 1.36. The van der Waals surface area contributed by atoms with Crippen LogP contribution in [0.5, 0.6) is 0 Å². The molecule has 0 saturated carbocycles. The lowest BCUT2D eigenvalue weighted by molar-refractivity contribution is 0.986. The summed E-state index contributed by atoms with van der Waals surface area (Å²) in [6, 6.07) is 4.08. The summed E-state index contributed by atoms with van der Waals surface area (Å²) in [4.78, 5) is 5.24. The molecule has 0 amide bonds. The van der Waals surface area contributed by atoms with E-state index in [1.165, 1.54) is 4.88 Å². The molecular weight excluding hydrogens is 158 g/mol. The predicted octanol–water partition coefficient (Wildman–Crippen LogP) is 0.782. The van der Waals surface area contributed by atoms with Crippen LogP contribution in [0.15, 0.2) is 22.5 Å². The Hall–Kier alpha value is -0.870. The molecule has 4 heteroatoms. The molecule has 0 unspecified atom stereocenters. The summed E-state index contributed by atoms with van der Waals surface area (Å²) in [6.07, 6.45) is 0.796. The lowest BCUT2D eigenvalue weighted by Gasteiger charge is -2.00. The Labute approximate surface area is 69.9 Å². The summed E-state index contributed by atoms with van der Waals surface area (Å²) >= 11 is 1.71. The predicted molar refractivity (Wildman–Crippen MR) is 48.7 cm³/mol. The quantitative estimate of drug-likeness (QED) is 0.297. The van der Waals surface area contributed by atoms with Gasteiger partial charge in [-0.15, -0.1) is 11.3 Å². The smallest absolute Gasteiger partial charge is 0.115 e. The van der Waals surface area contributed by atoms with Gasteiger partial charge in [-0.3, -0.25) is 4.99 Å². The maximum absolute atomic E-state index is 5.22. The first-order valence-corrected chi connectivity index (χ1v) is 4.19. The fraction of sp³-hybridized carbons (Fsp3) is 0.286. The first-order chi connectivity index (χ1) is 5.36. The van der Waals surface area contributed by atoms with Gasteiger partial charge in [0.05, 0.1) is 0 Å². The Kier molecular flexibility index (Phi) is 3.07. The molecule has 0 saturated heterocycles. The zero-order valence-electron chi connectivity index (χ0n) is 6.37. The van der Waals surface area contributed by atoms with Gasteiger partial charge < -0.3 is 5.43 Å². The molecule has 0 aliphatic heterocycles. The fourth-order valence-electron chi connectivity index (χ4n) is 0.773. The fourth-order valence-corrected chi connectivity index (χ4v) is 1.48. The van der Waals surface area contributed by atoms with Gasteiger partial charge in [0.2, 0.25) is 0 Å². The Morgan fingerprint density at radius 2 is 2.64 bits per heavy atom. The van der Waals surface area contributed by atoms with Crippen molar-refractivity contribution in [2.75, 3.05) is 7.05 Å². The molecule has 11 heavy (non-hydrogen) atoms. The van der Waals surface area contributed by atoms with Gasteiger partial charge in [-0.25, -0.2) is 5.84 Å². The zero-order chi connectivity index (χ0) is 8.10. The molecule has 0 radical (unpaired) electrons. The van der Waals surface area contributed by atoms with E-state index in [4.69, 9.17) is 5.84 Å². The van der Waals surface area contributed by atoms with Gasteiger partial charge in [0.15, 0.2) is 0 Å². The molecule has 0 aliphatic rings. The summed E-state index contributed by atoms with van der Waals surface area (Å²) in [5.41, 5.74) is 2.55. The molecule has 0 aliphatic carbocycles. The molecule has 1 aromatic heterocycles. The molecule has 60 valence electrons. The molecule has 0 spiro atoms. The summed E-state index contributed by atoms with van der Waals surface area (Å²) in [6.45, 7) is 0. The summed E-state index contributed by atoms with van der Waals surface area (Å²) in [5, 5.41) is 2.04. The van der Waals surface area contributed by atoms with Gasteiger partial charge in [-0.1, -0.05) is 6.07 Å². The number of nitrogens with one attached hydrogen (secondary N) is 1. The third kappa shape index (κ3) is 2.32. The Balaban J connectivity index is 2.55. The largest absolute Gasteiger partial charge is 0.312 e. The van der Waals surface area contributed by atoms with Crippen LogP contribution in [0, 0.1) is 0 Å². The van der Waals surface area contributed by atoms with Crippen molar-refractivity contribution < 1.29 is 0 Å². The van der Waals surface area contributed by atoms with E-state index in [1.807, 2.05) is 11.4 Å². The number of nitrogens with two attached hydrogens (primary N) is 1. The van der Waals surface area contributed by atoms with Crippen molar-refractivity contribution in [1.29, 1.82) is 0 Å². The van der Waals surface area contributed by atoms with Crippen molar-refractivity contribution >= 4 is 17.2 Å². The van der Waals surface area contributed by atoms with Crippen LogP contribution in [-0.2, 0) is 6.42 Å². The molecule has 3 N–H and O–H groups in total. The maximum atomic E-state index is 5.22. The number of rotatable bonds is 2. The number of hydrogen-bond acceptors (Lipinski definition) is 3. The van der Waals surface area contributed by atoms with E-state index in [1.54, 1.807) is 18.4 Å². The van der Waals surface area contributed by atoms with Crippen LogP contribution in [0.1, 0.15) is 4.88 Å². The first-order valence-electron chi connectivity index (χ1n) is 3.31. The van der Waals surface area contributed by atoms with Crippen LogP contribution in [0.3, 0.4) is 0 Å². The van der Waals surface area contributed by atoms with Crippen LogP contribution in [-0.4, -0.2) is 12.9 Å². The molecule has 0 bridgehead atoms. The lowest BCUT2D eigenvalue weighted by Crippen LogP contribution is -2.31. The summed E-state index contributed by atoms with van der Waals surface area (Å²) in [7, 11) is 1.72. The van der Waals surface area contributed by atoms with Crippen LogP contribution >= 0.6 is 11.3 Å². The standard InChI is InChI=1S/C7H11N3S/c1-9-7(10-8)5-6-3-2-4-11-6/h2-4H,5,8H2,1H3,(H,9,10). The second-order valence-corrected chi connectivity index (χ2v) is 3.10. The average Bonchev–Trinajstić information content (AvgIpc) is 2.52. The van der Waals surface area contributed by atoms with Crippen molar-refractivity contribution in [2.24, 2.45) is 10.8 Å². The summed E-state index contributed by atoms with van der Waals surface area (Å²) < 4.78 is 0. The van der Waals surface area contributed by atoms with E-state index < -0.39 is 0 Å². The SMILES string of the molecule is CN=C(Cc1cccs1)NN. The van der Waals surface area contributed by atoms with Crippen LogP contribution in [0.25, 0.3) is 0 Å². The number of hydrogen-bond donors (Lipinski definition) is 2. The normalized spacial score (nSPS) is 11.6. The Bertz CT molecular complexity index is 228. The minimum atomic E-state index is 0.796. The van der Waals surface area contributed by atoms with Crippen molar-refractivity contribution in [3.8, 4) is 0 Å². The van der Waals surface area contributed by atoms with Crippen molar-refractivity contribution in [3.63, 3.8) is 0 Å². The molecule has 0 fully saturated rings. The molecule has 0 atom stereocenters. The van der Waals surface area contributed by atoms with Crippen molar-refractivity contribution in [3.05, 3.63) is 22.4 Å². The van der Waals surface area contributed by atoms with Crippen LogP contribution < -0.4 is 11.3 Å². The van der Waals surface area contributed by atoms with E-state index in [9.17, 15) is 0 Å². The van der Waals surface area contributed by atoms with Crippen LogP contribution in [0.2, 0.25) is 0 Å². The topological polar surface area (TPSA) is 50.4 Å². The van der Waals surface area contributed by atoms with Crippen molar-refractivity contribution in [1.82, 2.24) is 5.43 Å². The highest BCUT2D eigenvalue weighted by Gasteiger charge is 1.97. The van der Waals surface area contributed by atoms with E-state index >= 15 is 0 Å². The number of nitrogens with zero attached hydrogens (tertiary/aromatic N) is 1. The minimum absolute atomic E-state index is 0.796. The second kappa shape index (κ2) is 4.10. The highest BCUT2D eigenvalue weighted by molar-refractivity contribution is 7.10. The van der Waals surface area contributed by atoms with E-state index in [0.717, 1.165) is 12.3 Å². The zero-order valence-corrected chi connectivity index (χ0v) is 7.19. The van der Waals surface area contributed by atoms with E-state index in [2.05, 4.69) is 16.5 Å². The van der Waals surface area contributed by atoms with Gasteiger partial charge in [0.25, 0.3) is 0 Å². The average molecular weight is 169 g/mol. The molecule has 3 nitrogen and oxygen atoms in total. The highest BCUT2D eigenvalue weighted by atomic mass is 32.1. The first kappa shape index (κ1) is 8.23. The number of hydrazine groups is 1. The highest BCUT2D eigenvalue weighted by Crippen LogP contribution is 2.08. The Morgan fingerprint density at radius 3 is 3.09 bits per heavy atom. The third-order valence-corrected chi connectivity index (χ3v) is 2.23. The van der Waals surface area contributed by atoms with Gasteiger partial charge in [0.1, 0.15) is 5.84 Å². The molecule has 0 aromatic carbocycles. The second-order valence-electron chi connectivity index (χ2n) is 2.07. The van der Waals surface area contributed by atoms with E-state index in [0.29, 0.717) is 0 Å².